The number of H-pyrrole nitrogens is 1. The van der Waals surface area contributed by atoms with Gasteiger partial charge in [0.25, 0.3) is 11.8 Å². The predicted octanol–water partition coefficient (Wildman–Crippen LogP) is 3.58. The summed E-state index contributed by atoms with van der Waals surface area (Å²) in [5, 5.41) is 27.6. The Balaban J connectivity index is 1.77. The van der Waals surface area contributed by atoms with Crippen LogP contribution in [-0.4, -0.2) is 55.0 Å². The van der Waals surface area contributed by atoms with E-state index in [9.17, 15) is 14.7 Å². The summed E-state index contributed by atoms with van der Waals surface area (Å²) in [7, 11) is 0. The maximum absolute atomic E-state index is 12.9. The maximum Gasteiger partial charge on any atom is 0.258 e. The van der Waals surface area contributed by atoms with Crippen LogP contribution in [0.1, 0.15) is 66.9 Å². The molecule has 196 valence electrons. The standard InChI is InChI=1S/C25H35ClN6O4/c1-14(33)21(35)27-15-11-9-10-12-16(15)36-13-17(34)28-25(7,8)24(5,6)22-30-29-20-18(26)19(23(2,3)4)31-32(20)22/h9-12,14,31,33H,13H2,1-8H3,(H,27,35)(H,28,34). The second-order valence-electron chi connectivity index (χ2n) is 11.0. The Kier molecular flexibility index (Phi) is 7.44. The molecule has 10 nitrogen and oxygen atoms in total. The first-order valence-electron chi connectivity index (χ1n) is 11.7. The minimum Gasteiger partial charge on any atom is -0.482 e. The molecule has 0 saturated heterocycles. The molecule has 1 atom stereocenters. The molecule has 0 radical (unpaired) electrons. The van der Waals surface area contributed by atoms with Gasteiger partial charge in [-0.15, -0.1) is 10.2 Å². The average Bonchev–Trinajstić information content (AvgIpc) is 3.33. The van der Waals surface area contributed by atoms with E-state index in [0.717, 1.165) is 5.69 Å². The Hall–Kier alpha value is -3.11. The zero-order chi connectivity index (χ0) is 27.1. The molecule has 0 saturated carbocycles. The molecule has 0 fully saturated rings. The SMILES string of the molecule is CC(O)C(=O)Nc1ccccc1OCC(=O)NC(C)(C)C(C)(C)c1nnc2c(Cl)c(C(C)(C)C)[nH]n12. The van der Waals surface area contributed by atoms with E-state index < -0.39 is 23.0 Å². The number of nitrogens with one attached hydrogen (secondary N) is 3. The first kappa shape index (κ1) is 27.5. The van der Waals surface area contributed by atoms with Crippen LogP contribution >= 0.6 is 11.6 Å². The van der Waals surface area contributed by atoms with Crippen LogP contribution < -0.4 is 15.4 Å². The van der Waals surface area contributed by atoms with Gasteiger partial charge >= 0.3 is 0 Å². The molecule has 4 N–H and O–H groups in total. The third kappa shape index (κ3) is 5.34. The van der Waals surface area contributed by atoms with E-state index in [2.05, 4.69) is 46.7 Å². The van der Waals surface area contributed by atoms with Crippen molar-refractivity contribution < 1.29 is 19.4 Å². The zero-order valence-corrected chi connectivity index (χ0v) is 22.7. The van der Waals surface area contributed by atoms with Crippen LogP contribution in [0.3, 0.4) is 0 Å². The van der Waals surface area contributed by atoms with Crippen LogP contribution in [0.2, 0.25) is 5.02 Å². The summed E-state index contributed by atoms with van der Waals surface area (Å²) in [5.74, 6) is 0.00310. The normalized spacial score (nSPS) is 13.5. The number of carbonyl (C=O) groups is 2. The number of halogens is 1. The summed E-state index contributed by atoms with van der Waals surface area (Å²) in [6.07, 6.45) is -1.18. The molecule has 0 aliphatic heterocycles. The number of amides is 2. The molecule has 3 rings (SSSR count). The molecule has 11 heteroatoms. The number of fused-ring (bicyclic) bond motifs is 1. The number of benzene rings is 1. The molecule has 2 heterocycles. The minimum absolute atomic E-state index is 0.217. The Morgan fingerprint density at radius 2 is 1.78 bits per heavy atom. The minimum atomic E-state index is -1.18. The number of aliphatic hydroxyl groups is 1. The van der Waals surface area contributed by atoms with Crippen LogP contribution in [0, 0.1) is 0 Å². The first-order chi connectivity index (χ1) is 16.6. The van der Waals surface area contributed by atoms with Gasteiger partial charge in [-0.2, -0.15) is 0 Å². The van der Waals surface area contributed by atoms with Crippen LogP contribution in [0.5, 0.6) is 5.75 Å². The van der Waals surface area contributed by atoms with E-state index in [1.54, 1.807) is 28.8 Å². The van der Waals surface area contributed by atoms with Crippen molar-refractivity contribution in [1.29, 1.82) is 0 Å². The van der Waals surface area contributed by atoms with Gasteiger partial charge in [-0.3, -0.25) is 14.7 Å². The predicted molar refractivity (Wildman–Crippen MR) is 139 cm³/mol. The van der Waals surface area contributed by atoms with E-state index in [4.69, 9.17) is 16.3 Å². The monoisotopic (exact) mass is 518 g/mol. The number of hydrogen-bond donors (Lipinski definition) is 4. The van der Waals surface area contributed by atoms with Crippen molar-refractivity contribution >= 4 is 34.7 Å². The summed E-state index contributed by atoms with van der Waals surface area (Å²) in [6.45, 7) is 15.0. The second-order valence-corrected chi connectivity index (χ2v) is 11.4. The summed E-state index contributed by atoms with van der Waals surface area (Å²) in [4.78, 5) is 24.8. The lowest BCUT2D eigenvalue weighted by atomic mass is 9.73. The van der Waals surface area contributed by atoms with Gasteiger partial charge in [-0.05, 0) is 32.9 Å². The van der Waals surface area contributed by atoms with Crippen molar-refractivity contribution in [2.45, 2.75) is 77.9 Å². The topological polar surface area (TPSA) is 134 Å². The molecule has 0 aliphatic rings. The zero-order valence-electron chi connectivity index (χ0n) is 22.0. The summed E-state index contributed by atoms with van der Waals surface area (Å²) in [6, 6.07) is 6.70. The number of rotatable bonds is 8. The number of anilines is 1. The second kappa shape index (κ2) is 9.74. The molecule has 3 aromatic rings. The van der Waals surface area contributed by atoms with Gasteiger partial charge in [-0.25, -0.2) is 4.52 Å². The number of carbonyl (C=O) groups excluding carboxylic acids is 2. The highest BCUT2D eigenvalue weighted by atomic mass is 35.5. The fourth-order valence-electron chi connectivity index (χ4n) is 3.60. The highest BCUT2D eigenvalue weighted by Gasteiger charge is 2.44. The third-order valence-electron chi connectivity index (χ3n) is 6.51. The van der Waals surface area contributed by atoms with Crippen LogP contribution in [0.4, 0.5) is 5.69 Å². The van der Waals surface area contributed by atoms with Gasteiger partial charge < -0.3 is 20.5 Å². The summed E-state index contributed by atoms with van der Waals surface area (Å²) >= 11 is 6.58. The summed E-state index contributed by atoms with van der Waals surface area (Å²) < 4.78 is 7.46. The van der Waals surface area contributed by atoms with Gasteiger partial charge in [0, 0.05) is 16.4 Å². The molecule has 0 bridgehead atoms. The van der Waals surface area contributed by atoms with Crippen molar-refractivity contribution in [3.05, 3.63) is 40.8 Å². The Labute approximate surface area is 215 Å². The molecular weight excluding hydrogens is 484 g/mol. The number of nitrogens with zero attached hydrogens (tertiary/aromatic N) is 3. The number of ether oxygens (including phenoxy) is 1. The van der Waals surface area contributed by atoms with Crippen LogP contribution in [0.25, 0.3) is 5.65 Å². The lowest BCUT2D eigenvalue weighted by Crippen LogP contribution is -2.57. The first-order valence-corrected chi connectivity index (χ1v) is 12.1. The van der Waals surface area contributed by atoms with E-state index in [1.165, 1.54) is 6.92 Å². The highest BCUT2D eigenvalue weighted by Crippen LogP contribution is 2.37. The fraction of sp³-hybridized carbons (Fsp3) is 0.520. The maximum atomic E-state index is 12.9. The summed E-state index contributed by atoms with van der Waals surface area (Å²) in [5.41, 5.74) is 0.0871. The van der Waals surface area contributed by atoms with E-state index >= 15 is 0 Å². The molecule has 36 heavy (non-hydrogen) atoms. The third-order valence-corrected chi connectivity index (χ3v) is 6.87. The molecule has 2 aromatic heterocycles. The Bertz CT molecular complexity index is 1270. The molecular formula is C25H35ClN6O4. The number of hydrogen-bond acceptors (Lipinski definition) is 6. The van der Waals surface area contributed by atoms with Crippen molar-refractivity contribution in [3.8, 4) is 5.75 Å². The Morgan fingerprint density at radius 3 is 2.39 bits per heavy atom. The highest BCUT2D eigenvalue weighted by molar-refractivity contribution is 6.34. The Morgan fingerprint density at radius 1 is 1.14 bits per heavy atom. The van der Waals surface area contributed by atoms with Gasteiger partial charge in [0.1, 0.15) is 16.9 Å². The molecule has 0 spiro atoms. The molecule has 1 aromatic carbocycles. The lowest BCUT2D eigenvalue weighted by Gasteiger charge is -2.40. The largest absolute Gasteiger partial charge is 0.482 e. The van der Waals surface area contributed by atoms with E-state index in [1.807, 2.05) is 27.7 Å². The van der Waals surface area contributed by atoms with Gasteiger partial charge in [-0.1, -0.05) is 58.4 Å². The smallest absolute Gasteiger partial charge is 0.258 e. The van der Waals surface area contributed by atoms with E-state index in [-0.39, 0.29) is 17.9 Å². The molecule has 1 unspecified atom stereocenters. The lowest BCUT2D eigenvalue weighted by molar-refractivity contribution is -0.125. The van der Waals surface area contributed by atoms with Gasteiger partial charge in [0.15, 0.2) is 18.1 Å². The van der Waals surface area contributed by atoms with Gasteiger partial charge in [0.05, 0.1) is 11.4 Å². The molecule has 0 aliphatic carbocycles. The quantitative estimate of drug-likeness (QED) is 0.360. The number of aromatic nitrogens is 4. The number of aliphatic hydroxyl groups excluding tert-OH is 1. The van der Waals surface area contributed by atoms with E-state index in [0.29, 0.717) is 27.9 Å². The number of aromatic amines is 1. The fourth-order valence-corrected chi connectivity index (χ4v) is 4.05. The average molecular weight is 519 g/mol. The van der Waals surface area contributed by atoms with Crippen molar-refractivity contribution in [3.63, 3.8) is 0 Å². The van der Waals surface area contributed by atoms with Gasteiger partial charge in [0.2, 0.25) is 0 Å². The molecule has 2 amide bonds. The van der Waals surface area contributed by atoms with Crippen LogP contribution in [-0.2, 0) is 20.4 Å². The number of para-hydroxylation sites is 2. The van der Waals surface area contributed by atoms with Crippen molar-refractivity contribution in [2.24, 2.45) is 0 Å². The van der Waals surface area contributed by atoms with Crippen LogP contribution in [0.15, 0.2) is 24.3 Å². The van der Waals surface area contributed by atoms with Crippen molar-refractivity contribution in [1.82, 2.24) is 25.1 Å². The van der Waals surface area contributed by atoms with Crippen molar-refractivity contribution in [2.75, 3.05) is 11.9 Å².